The number of nitrogens with one attached hydrogen (secondary N) is 2. The first kappa shape index (κ1) is 22.7. The van der Waals surface area contributed by atoms with Gasteiger partial charge in [0.2, 0.25) is 0 Å². The maximum Gasteiger partial charge on any atom is 0.323 e. The summed E-state index contributed by atoms with van der Waals surface area (Å²) >= 11 is 3.28. The first-order valence-corrected chi connectivity index (χ1v) is 13.4. The van der Waals surface area contributed by atoms with Gasteiger partial charge in [-0.2, -0.15) is 0 Å². The summed E-state index contributed by atoms with van der Waals surface area (Å²) in [6.07, 6.45) is 0. The molecule has 2 aromatic carbocycles. The molecule has 1 aliphatic heterocycles. The lowest BCUT2D eigenvalue weighted by Gasteiger charge is -2.28. The summed E-state index contributed by atoms with van der Waals surface area (Å²) in [5.41, 5.74) is 5.74. The summed E-state index contributed by atoms with van der Waals surface area (Å²) < 4.78 is 5.41. The largest absolute Gasteiger partial charge is 0.378 e. The van der Waals surface area contributed by atoms with E-state index >= 15 is 0 Å². The van der Waals surface area contributed by atoms with Crippen LogP contribution in [0.5, 0.6) is 0 Å². The van der Waals surface area contributed by atoms with Crippen LogP contribution in [0.25, 0.3) is 32.2 Å². The number of rotatable bonds is 5. The Morgan fingerprint density at radius 2 is 1.39 bits per heavy atom. The quantitative estimate of drug-likeness (QED) is 0.278. The molecule has 9 heteroatoms. The Labute approximate surface area is 216 Å². The van der Waals surface area contributed by atoms with E-state index in [0.717, 1.165) is 69.9 Å². The van der Waals surface area contributed by atoms with Gasteiger partial charge in [0.05, 0.1) is 34.0 Å². The lowest BCUT2D eigenvalue weighted by molar-refractivity contribution is 0.122. The van der Waals surface area contributed by atoms with Crippen LogP contribution in [0.2, 0.25) is 0 Å². The van der Waals surface area contributed by atoms with Crippen molar-refractivity contribution in [1.29, 1.82) is 0 Å². The van der Waals surface area contributed by atoms with Gasteiger partial charge in [-0.05, 0) is 65.4 Å². The van der Waals surface area contributed by atoms with Gasteiger partial charge in [-0.15, -0.1) is 22.7 Å². The molecule has 0 bridgehead atoms. The monoisotopic (exact) mass is 513 g/mol. The highest BCUT2D eigenvalue weighted by molar-refractivity contribution is 7.14. The number of anilines is 3. The number of nitrogens with zero attached hydrogens (tertiary/aromatic N) is 3. The van der Waals surface area contributed by atoms with Crippen molar-refractivity contribution in [3.05, 3.63) is 77.5 Å². The second-order valence-electron chi connectivity index (χ2n) is 8.30. The number of hydrogen-bond donors (Lipinski definition) is 2. The molecule has 5 aromatic rings. The molecule has 3 aromatic heterocycles. The van der Waals surface area contributed by atoms with Crippen molar-refractivity contribution in [2.75, 3.05) is 41.8 Å². The Kier molecular flexibility index (Phi) is 6.33. The van der Waals surface area contributed by atoms with E-state index in [0.29, 0.717) is 5.69 Å². The molecular formula is C27H23N5O2S2. The number of carbonyl (C=O) groups is 1. The fourth-order valence-electron chi connectivity index (χ4n) is 4.17. The summed E-state index contributed by atoms with van der Waals surface area (Å²) in [6.45, 7) is 3.23. The molecule has 1 fully saturated rings. The SMILES string of the molecule is O=C(Nc1ccc(N2CCOCC2)cc1)Nc1ccc2nc(-c3cccs3)c(-c3cccs3)nc2c1. The van der Waals surface area contributed by atoms with Crippen molar-refractivity contribution >= 4 is 56.8 Å². The Balaban J connectivity index is 1.21. The van der Waals surface area contributed by atoms with Crippen molar-refractivity contribution in [2.45, 2.75) is 0 Å². The van der Waals surface area contributed by atoms with Gasteiger partial charge in [0.1, 0.15) is 11.4 Å². The highest BCUT2D eigenvalue weighted by Gasteiger charge is 2.16. The average molecular weight is 514 g/mol. The van der Waals surface area contributed by atoms with E-state index in [1.54, 1.807) is 22.7 Å². The maximum absolute atomic E-state index is 12.7. The van der Waals surface area contributed by atoms with Gasteiger partial charge in [-0.3, -0.25) is 0 Å². The molecule has 0 atom stereocenters. The van der Waals surface area contributed by atoms with E-state index in [1.165, 1.54) is 0 Å². The van der Waals surface area contributed by atoms with Crippen LogP contribution in [0.3, 0.4) is 0 Å². The Morgan fingerprint density at radius 1 is 0.778 bits per heavy atom. The molecule has 2 amide bonds. The van der Waals surface area contributed by atoms with Crippen molar-refractivity contribution in [2.24, 2.45) is 0 Å². The lowest BCUT2D eigenvalue weighted by Crippen LogP contribution is -2.36. The Morgan fingerprint density at radius 3 is 2.03 bits per heavy atom. The maximum atomic E-state index is 12.7. The van der Waals surface area contributed by atoms with E-state index in [4.69, 9.17) is 14.7 Å². The van der Waals surface area contributed by atoms with Crippen LogP contribution in [0.1, 0.15) is 0 Å². The molecule has 0 saturated carbocycles. The second kappa shape index (κ2) is 10.1. The van der Waals surface area contributed by atoms with Crippen LogP contribution in [0.4, 0.5) is 21.9 Å². The molecule has 0 spiro atoms. The number of aromatic nitrogens is 2. The molecule has 6 rings (SSSR count). The lowest BCUT2D eigenvalue weighted by atomic mass is 10.2. The summed E-state index contributed by atoms with van der Waals surface area (Å²) in [6, 6.07) is 21.3. The van der Waals surface area contributed by atoms with Gasteiger partial charge in [0.15, 0.2) is 0 Å². The third-order valence-corrected chi connectivity index (χ3v) is 7.69. The fourth-order valence-corrected chi connectivity index (χ4v) is 5.60. The summed E-state index contributed by atoms with van der Waals surface area (Å²) in [7, 11) is 0. The molecule has 180 valence electrons. The normalized spacial score (nSPS) is 13.6. The second-order valence-corrected chi connectivity index (χ2v) is 10.2. The van der Waals surface area contributed by atoms with E-state index in [-0.39, 0.29) is 6.03 Å². The minimum atomic E-state index is -0.310. The number of benzene rings is 2. The number of morpholine rings is 1. The zero-order chi connectivity index (χ0) is 24.3. The van der Waals surface area contributed by atoms with Crippen LogP contribution in [0.15, 0.2) is 77.5 Å². The molecule has 0 aliphatic carbocycles. The first-order chi connectivity index (χ1) is 17.7. The summed E-state index contributed by atoms with van der Waals surface area (Å²) in [5, 5.41) is 9.90. The molecule has 36 heavy (non-hydrogen) atoms. The van der Waals surface area contributed by atoms with Crippen LogP contribution in [-0.4, -0.2) is 42.3 Å². The number of hydrogen-bond acceptors (Lipinski definition) is 7. The van der Waals surface area contributed by atoms with Crippen molar-refractivity contribution in [1.82, 2.24) is 9.97 Å². The van der Waals surface area contributed by atoms with Gasteiger partial charge < -0.3 is 20.3 Å². The molecule has 1 aliphatic rings. The number of amides is 2. The van der Waals surface area contributed by atoms with Crippen LogP contribution in [0, 0.1) is 0 Å². The predicted octanol–water partition coefficient (Wildman–Crippen LogP) is 6.57. The number of urea groups is 1. The number of thiophene rings is 2. The minimum Gasteiger partial charge on any atom is -0.378 e. The number of carbonyl (C=O) groups excluding carboxylic acids is 1. The highest BCUT2D eigenvalue weighted by Crippen LogP contribution is 2.35. The van der Waals surface area contributed by atoms with Crippen molar-refractivity contribution < 1.29 is 9.53 Å². The molecular weight excluding hydrogens is 490 g/mol. The topological polar surface area (TPSA) is 79.4 Å². The van der Waals surface area contributed by atoms with Gasteiger partial charge in [-0.25, -0.2) is 14.8 Å². The zero-order valence-electron chi connectivity index (χ0n) is 19.3. The Bertz CT molecular complexity index is 1480. The average Bonchev–Trinajstić information content (AvgIpc) is 3.64. The third kappa shape index (κ3) is 4.81. The molecule has 0 unspecified atom stereocenters. The van der Waals surface area contributed by atoms with Crippen LogP contribution < -0.4 is 15.5 Å². The standard InChI is InChI=1S/C27H23N5O2S2/c33-27(28-18-5-8-20(9-6-18)32-11-13-34-14-12-32)29-19-7-10-21-22(17-19)31-26(24-4-2-16-36-24)25(30-21)23-3-1-15-35-23/h1-10,15-17H,11-14H2,(H2,28,29,33). The van der Waals surface area contributed by atoms with E-state index in [2.05, 4.69) is 27.7 Å². The predicted molar refractivity (Wildman–Crippen MR) is 148 cm³/mol. The summed E-state index contributed by atoms with van der Waals surface area (Å²) in [4.78, 5) is 27.0. The van der Waals surface area contributed by atoms with Gasteiger partial charge in [0.25, 0.3) is 0 Å². The van der Waals surface area contributed by atoms with Crippen molar-refractivity contribution in [3.8, 4) is 21.1 Å². The van der Waals surface area contributed by atoms with E-state index in [1.807, 2.05) is 65.4 Å². The van der Waals surface area contributed by atoms with E-state index in [9.17, 15) is 4.79 Å². The first-order valence-electron chi connectivity index (χ1n) is 11.6. The van der Waals surface area contributed by atoms with E-state index < -0.39 is 0 Å². The smallest absolute Gasteiger partial charge is 0.323 e. The van der Waals surface area contributed by atoms with Crippen LogP contribution in [-0.2, 0) is 4.74 Å². The Hall–Kier alpha value is -3.79. The van der Waals surface area contributed by atoms with Gasteiger partial charge in [0, 0.05) is 30.2 Å². The summed E-state index contributed by atoms with van der Waals surface area (Å²) in [5.74, 6) is 0. The molecule has 4 heterocycles. The molecule has 2 N–H and O–H groups in total. The zero-order valence-corrected chi connectivity index (χ0v) is 20.9. The van der Waals surface area contributed by atoms with Crippen molar-refractivity contribution in [3.63, 3.8) is 0 Å². The molecule has 0 radical (unpaired) electrons. The highest BCUT2D eigenvalue weighted by atomic mass is 32.1. The third-order valence-electron chi connectivity index (χ3n) is 5.93. The van der Waals surface area contributed by atoms with Crippen LogP contribution >= 0.6 is 22.7 Å². The van der Waals surface area contributed by atoms with Gasteiger partial charge >= 0.3 is 6.03 Å². The number of ether oxygens (including phenoxy) is 1. The minimum absolute atomic E-state index is 0.310. The fraction of sp³-hybridized carbons (Fsp3) is 0.148. The molecule has 1 saturated heterocycles. The molecule has 7 nitrogen and oxygen atoms in total. The van der Waals surface area contributed by atoms with Gasteiger partial charge in [-0.1, -0.05) is 12.1 Å². The number of fused-ring (bicyclic) bond motifs is 1.